The van der Waals surface area contributed by atoms with Crippen LogP contribution >= 0.6 is 11.3 Å². The van der Waals surface area contributed by atoms with Crippen LogP contribution in [0.2, 0.25) is 0 Å². The van der Waals surface area contributed by atoms with Crippen LogP contribution in [0.1, 0.15) is 23.4 Å². The van der Waals surface area contributed by atoms with Crippen molar-refractivity contribution in [3.8, 4) is 0 Å². The van der Waals surface area contributed by atoms with Crippen LogP contribution in [-0.4, -0.2) is 21.9 Å². The topological polar surface area (TPSA) is 29.0 Å². The van der Waals surface area contributed by atoms with Gasteiger partial charge in [-0.15, -0.1) is 11.3 Å². The minimum absolute atomic E-state index is 0.394. The highest BCUT2D eigenvalue weighted by molar-refractivity contribution is 7.09. The predicted molar refractivity (Wildman–Crippen MR) is 66.2 cm³/mol. The molecule has 0 aromatic carbocycles. The summed E-state index contributed by atoms with van der Waals surface area (Å²) in [5, 5.41) is 0. The zero-order chi connectivity index (χ0) is 11.4. The number of hydrogen-bond acceptors (Lipinski definition) is 4. The van der Waals surface area contributed by atoms with Crippen molar-refractivity contribution in [3.05, 3.63) is 46.7 Å². The zero-order valence-electron chi connectivity index (χ0n) is 9.50. The van der Waals surface area contributed by atoms with Crippen molar-refractivity contribution < 1.29 is 0 Å². The van der Waals surface area contributed by atoms with Gasteiger partial charge in [0, 0.05) is 36.1 Å². The average Bonchev–Trinajstić information content (AvgIpc) is 2.82. The van der Waals surface area contributed by atoms with Gasteiger partial charge in [-0.2, -0.15) is 0 Å². The average molecular weight is 233 g/mol. The van der Waals surface area contributed by atoms with Gasteiger partial charge in [-0.25, -0.2) is 0 Å². The molecule has 1 unspecified atom stereocenters. The van der Waals surface area contributed by atoms with Gasteiger partial charge in [0.2, 0.25) is 0 Å². The molecule has 0 spiro atoms. The standard InChI is InChI=1S/C12H15N3S/c1-10(11-3-5-13-6-4-11)15(2)8-12-7-14-9-16-12/h3-7,9-10H,8H2,1-2H3. The molecule has 0 saturated heterocycles. The minimum atomic E-state index is 0.394. The molecule has 2 rings (SSSR count). The van der Waals surface area contributed by atoms with Crippen molar-refractivity contribution in [2.75, 3.05) is 7.05 Å². The summed E-state index contributed by atoms with van der Waals surface area (Å²) < 4.78 is 0. The Hall–Kier alpha value is -1.26. The third-order valence-electron chi connectivity index (χ3n) is 2.74. The summed E-state index contributed by atoms with van der Waals surface area (Å²) in [7, 11) is 2.13. The first kappa shape index (κ1) is 11.2. The summed E-state index contributed by atoms with van der Waals surface area (Å²) >= 11 is 1.70. The van der Waals surface area contributed by atoms with Gasteiger partial charge in [-0.3, -0.25) is 14.9 Å². The molecule has 3 nitrogen and oxygen atoms in total. The number of rotatable bonds is 4. The Morgan fingerprint density at radius 1 is 1.31 bits per heavy atom. The maximum absolute atomic E-state index is 4.09. The summed E-state index contributed by atoms with van der Waals surface area (Å²) in [6.45, 7) is 3.14. The Morgan fingerprint density at radius 2 is 2.06 bits per heavy atom. The summed E-state index contributed by atoms with van der Waals surface area (Å²) in [5.41, 5.74) is 3.17. The molecule has 1 atom stereocenters. The predicted octanol–water partition coefficient (Wildman–Crippen LogP) is 2.73. The van der Waals surface area contributed by atoms with E-state index in [1.807, 2.05) is 24.1 Å². The molecule has 0 aliphatic heterocycles. The maximum Gasteiger partial charge on any atom is 0.0794 e. The van der Waals surface area contributed by atoms with Crippen LogP contribution in [0.5, 0.6) is 0 Å². The Morgan fingerprint density at radius 3 is 2.69 bits per heavy atom. The van der Waals surface area contributed by atoms with Crippen LogP contribution in [0.3, 0.4) is 0 Å². The largest absolute Gasteiger partial charge is 0.295 e. The molecule has 0 saturated carbocycles. The number of nitrogens with zero attached hydrogens (tertiary/aromatic N) is 3. The number of pyridine rings is 1. The van der Waals surface area contributed by atoms with E-state index in [1.54, 1.807) is 11.3 Å². The van der Waals surface area contributed by atoms with Gasteiger partial charge in [0.15, 0.2) is 0 Å². The van der Waals surface area contributed by atoms with Crippen molar-refractivity contribution in [1.29, 1.82) is 0 Å². The zero-order valence-corrected chi connectivity index (χ0v) is 10.3. The van der Waals surface area contributed by atoms with E-state index in [1.165, 1.54) is 10.4 Å². The van der Waals surface area contributed by atoms with Gasteiger partial charge in [0.1, 0.15) is 0 Å². The van der Waals surface area contributed by atoms with Gasteiger partial charge in [0.05, 0.1) is 5.51 Å². The lowest BCUT2D eigenvalue weighted by Crippen LogP contribution is -2.21. The monoisotopic (exact) mass is 233 g/mol. The first-order valence-electron chi connectivity index (χ1n) is 5.25. The Balaban J connectivity index is 2.02. The molecule has 84 valence electrons. The summed E-state index contributed by atoms with van der Waals surface area (Å²) in [4.78, 5) is 11.7. The second-order valence-corrected chi connectivity index (χ2v) is 4.81. The molecule has 0 aliphatic carbocycles. The highest BCUT2D eigenvalue weighted by Crippen LogP contribution is 2.20. The smallest absolute Gasteiger partial charge is 0.0794 e. The maximum atomic E-state index is 4.09. The first-order valence-corrected chi connectivity index (χ1v) is 6.13. The fourth-order valence-corrected chi connectivity index (χ4v) is 2.26. The van der Waals surface area contributed by atoms with E-state index in [9.17, 15) is 0 Å². The molecule has 0 fully saturated rings. The van der Waals surface area contributed by atoms with Crippen LogP contribution in [-0.2, 0) is 6.54 Å². The lowest BCUT2D eigenvalue weighted by atomic mass is 10.1. The van der Waals surface area contributed by atoms with Gasteiger partial charge in [-0.1, -0.05) is 0 Å². The molecule has 16 heavy (non-hydrogen) atoms. The van der Waals surface area contributed by atoms with Crippen molar-refractivity contribution in [2.45, 2.75) is 19.5 Å². The summed E-state index contributed by atoms with van der Waals surface area (Å²) in [5.74, 6) is 0. The third-order valence-corrected chi connectivity index (χ3v) is 3.50. The van der Waals surface area contributed by atoms with E-state index in [4.69, 9.17) is 0 Å². The Labute approximate surface area is 99.8 Å². The van der Waals surface area contributed by atoms with E-state index >= 15 is 0 Å². The van der Waals surface area contributed by atoms with Crippen LogP contribution in [0.15, 0.2) is 36.2 Å². The van der Waals surface area contributed by atoms with Crippen molar-refractivity contribution in [1.82, 2.24) is 14.9 Å². The highest BCUT2D eigenvalue weighted by atomic mass is 32.1. The summed E-state index contributed by atoms with van der Waals surface area (Å²) in [6, 6.07) is 4.52. The molecular formula is C12H15N3S. The molecular weight excluding hydrogens is 218 g/mol. The number of thiazole rings is 1. The molecule has 0 radical (unpaired) electrons. The second kappa shape index (κ2) is 5.18. The molecule has 0 bridgehead atoms. The quantitative estimate of drug-likeness (QED) is 0.813. The molecule has 0 N–H and O–H groups in total. The van der Waals surface area contributed by atoms with Crippen molar-refractivity contribution in [2.24, 2.45) is 0 Å². The van der Waals surface area contributed by atoms with Gasteiger partial charge >= 0.3 is 0 Å². The van der Waals surface area contributed by atoms with Crippen LogP contribution in [0.25, 0.3) is 0 Å². The fraction of sp³-hybridized carbons (Fsp3) is 0.333. The van der Waals surface area contributed by atoms with Crippen molar-refractivity contribution >= 4 is 11.3 Å². The molecule has 0 aliphatic rings. The van der Waals surface area contributed by atoms with E-state index < -0.39 is 0 Å². The third kappa shape index (κ3) is 2.65. The number of hydrogen-bond donors (Lipinski definition) is 0. The van der Waals surface area contributed by atoms with E-state index in [-0.39, 0.29) is 0 Å². The Kier molecular flexibility index (Phi) is 3.64. The molecule has 2 aromatic heterocycles. The molecule has 2 aromatic rings. The van der Waals surface area contributed by atoms with Crippen molar-refractivity contribution in [3.63, 3.8) is 0 Å². The lowest BCUT2D eigenvalue weighted by molar-refractivity contribution is 0.255. The normalized spacial score (nSPS) is 12.9. The highest BCUT2D eigenvalue weighted by Gasteiger charge is 2.11. The van der Waals surface area contributed by atoms with E-state index in [0.29, 0.717) is 6.04 Å². The van der Waals surface area contributed by atoms with Crippen LogP contribution in [0.4, 0.5) is 0 Å². The van der Waals surface area contributed by atoms with Crippen LogP contribution < -0.4 is 0 Å². The van der Waals surface area contributed by atoms with Gasteiger partial charge < -0.3 is 0 Å². The molecule has 4 heteroatoms. The molecule has 0 amide bonds. The van der Waals surface area contributed by atoms with Crippen LogP contribution in [0, 0.1) is 0 Å². The Bertz CT molecular complexity index is 413. The van der Waals surface area contributed by atoms with E-state index in [2.05, 4.69) is 41.0 Å². The SMILES string of the molecule is CC(c1ccncc1)N(C)Cc1cncs1. The minimum Gasteiger partial charge on any atom is -0.295 e. The number of aromatic nitrogens is 2. The fourth-order valence-electron chi connectivity index (χ4n) is 1.60. The van der Waals surface area contributed by atoms with Gasteiger partial charge in [0.25, 0.3) is 0 Å². The van der Waals surface area contributed by atoms with E-state index in [0.717, 1.165) is 6.54 Å². The first-order chi connectivity index (χ1) is 7.77. The molecule has 2 heterocycles. The lowest BCUT2D eigenvalue weighted by Gasteiger charge is -2.24. The van der Waals surface area contributed by atoms with Gasteiger partial charge in [-0.05, 0) is 31.7 Å². The summed E-state index contributed by atoms with van der Waals surface area (Å²) in [6.07, 6.45) is 5.61. The second-order valence-electron chi connectivity index (χ2n) is 3.84.